The molecule has 0 amide bonds. The number of aromatic nitrogens is 5. The predicted octanol–water partition coefficient (Wildman–Crippen LogP) is 1.76. The van der Waals surface area contributed by atoms with E-state index in [2.05, 4.69) is 25.2 Å². The molecular formula is C21H21N7O. The van der Waals surface area contributed by atoms with Gasteiger partial charge in [0.2, 0.25) is 0 Å². The Balaban J connectivity index is 1.55. The summed E-state index contributed by atoms with van der Waals surface area (Å²) in [6.07, 6.45) is 7.26. The van der Waals surface area contributed by atoms with Crippen LogP contribution in [0.15, 0.2) is 55.1 Å². The number of aliphatic hydroxyl groups excluding tert-OH is 1. The van der Waals surface area contributed by atoms with Gasteiger partial charge in [-0.25, -0.2) is 15.0 Å². The van der Waals surface area contributed by atoms with Crippen LogP contribution in [0.3, 0.4) is 0 Å². The molecular weight excluding hydrogens is 366 g/mol. The summed E-state index contributed by atoms with van der Waals surface area (Å²) >= 11 is 0. The predicted molar refractivity (Wildman–Crippen MR) is 110 cm³/mol. The number of fused-ring (bicyclic) bond motifs is 1. The van der Waals surface area contributed by atoms with Crippen LogP contribution in [0.25, 0.3) is 28.4 Å². The summed E-state index contributed by atoms with van der Waals surface area (Å²) in [5, 5.41) is 12.8. The van der Waals surface area contributed by atoms with Crippen molar-refractivity contribution in [3.63, 3.8) is 0 Å². The number of nitrogens with one attached hydrogen (secondary N) is 1. The van der Waals surface area contributed by atoms with Crippen LogP contribution in [0.1, 0.15) is 5.56 Å². The molecule has 5 rings (SSSR count). The molecule has 1 aromatic carbocycles. The molecule has 4 heterocycles. The Hall–Kier alpha value is -3.36. The number of benzene rings is 1. The monoisotopic (exact) mass is 387 g/mol. The SMILES string of the molecule is OCc1cccc(-c2cn3c(-c4nccc(N5CCNCC5)n4)cnc3cn2)c1. The van der Waals surface area contributed by atoms with Crippen LogP contribution >= 0.6 is 0 Å². The Morgan fingerprint density at radius 2 is 1.93 bits per heavy atom. The highest BCUT2D eigenvalue weighted by atomic mass is 16.3. The van der Waals surface area contributed by atoms with E-state index in [1.807, 2.05) is 40.9 Å². The van der Waals surface area contributed by atoms with Crippen molar-refractivity contribution in [2.24, 2.45) is 0 Å². The lowest BCUT2D eigenvalue weighted by atomic mass is 10.1. The van der Waals surface area contributed by atoms with Crippen LogP contribution < -0.4 is 10.2 Å². The maximum Gasteiger partial charge on any atom is 0.180 e. The molecule has 0 saturated carbocycles. The van der Waals surface area contributed by atoms with Crippen molar-refractivity contribution in [2.75, 3.05) is 31.1 Å². The van der Waals surface area contributed by atoms with Crippen molar-refractivity contribution in [1.29, 1.82) is 0 Å². The number of nitrogens with zero attached hydrogens (tertiary/aromatic N) is 6. The van der Waals surface area contributed by atoms with Gasteiger partial charge in [-0.15, -0.1) is 0 Å². The second kappa shape index (κ2) is 7.57. The first-order valence-electron chi connectivity index (χ1n) is 9.64. The fourth-order valence-corrected chi connectivity index (χ4v) is 3.58. The molecule has 4 aromatic rings. The number of hydrogen-bond acceptors (Lipinski definition) is 7. The van der Waals surface area contributed by atoms with Crippen molar-refractivity contribution >= 4 is 11.5 Å². The van der Waals surface area contributed by atoms with Gasteiger partial charge in [0.05, 0.1) is 24.7 Å². The smallest absolute Gasteiger partial charge is 0.180 e. The van der Waals surface area contributed by atoms with Crippen LogP contribution in [0.4, 0.5) is 5.82 Å². The number of piperazine rings is 1. The topological polar surface area (TPSA) is 91.5 Å². The first-order chi connectivity index (χ1) is 14.3. The highest BCUT2D eigenvalue weighted by Gasteiger charge is 2.15. The maximum absolute atomic E-state index is 9.41. The van der Waals surface area contributed by atoms with Gasteiger partial charge >= 0.3 is 0 Å². The second-order valence-corrected chi connectivity index (χ2v) is 6.98. The molecule has 0 bridgehead atoms. The van der Waals surface area contributed by atoms with Crippen molar-refractivity contribution < 1.29 is 5.11 Å². The van der Waals surface area contributed by atoms with Gasteiger partial charge in [0.25, 0.3) is 0 Å². The van der Waals surface area contributed by atoms with E-state index in [0.717, 1.165) is 60.2 Å². The molecule has 0 atom stereocenters. The molecule has 1 fully saturated rings. The lowest BCUT2D eigenvalue weighted by Crippen LogP contribution is -2.43. The molecule has 3 aromatic heterocycles. The summed E-state index contributed by atoms with van der Waals surface area (Å²) in [7, 11) is 0. The quantitative estimate of drug-likeness (QED) is 0.551. The molecule has 0 radical (unpaired) electrons. The zero-order valence-electron chi connectivity index (χ0n) is 15.9. The number of anilines is 1. The first-order valence-corrected chi connectivity index (χ1v) is 9.64. The van der Waals surface area contributed by atoms with Crippen molar-refractivity contribution in [3.8, 4) is 22.8 Å². The normalized spacial score (nSPS) is 14.4. The third-order valence-corrected chi connectivity index (χ3v) is 5.11. The highest BCUT2D eigenvalue weighted by molar-refractivity contribution is 5.64. The van der Waals surface area contributed by atoms with Crippen molar-refractivity contribution in [2.45, 2.75) is 6.61 Å². The van der Waals surface area contributed by atoms with E-state index < -0.39 is 0 Å². The molecule has 2 N–H and O–H groups in total. The van der Waals surface area contributed by atoms with E-state index in [-0.39, 0.29) is 6.61 Å². The van der Waals surface area contributed by atoms with E-state index in [4.69, 9.17) is 4.98 Å². The Morgan fingerprint density at radius 3 is 2.79 bits per heavy atom. The van der Waals surface area contributed by atoms with Gasteiger partial charge in [-0.05, 0) is 17.7 Å². The Labute approximate surface area is 167 Å². The summed E-state index contributed by atoms with van der Waals surface area (Å²) in [5.41, 5.74) is 4.14. The van der Waals surface area contributed by atoms with Crippen LogP contribution in [0.5, 0.6) is 0 Å². The molecule has 1 saturated heterocycles. The molecule has 0 aliphatic carbocycles. The van der Waals surface area contributed by atoms with Gasteiger partial charge in [-0.3, -0.25) is 9.38 Å². The van der Waals surface area contributed by atoms with Crippen LogP contribution in [-0.4, -0.2) is 55.6 Å². The summed E-state index contributed by atoms with van der Waals surface area (Å²) in [6.45, 7) is 3.77. The molecule has 8 heteroatoms. The van der Waals surface area contributed by atoms with Crippen LogP contribution in [0, 0.1) is 0 Å². The van der Waals surface area contributed by atoms with E-state index in [0.29, 0.717) is 5.82 Å². The standard InChI is InChI=1S/C21H21N7O/c29-14-15-2-1-3-16(10-15)17-13-28-18(11-25-20(28)12-24-17)21-23-5-4-19(26-21)27-8-6-22-7-9-27/h1-5,10-13,22,29H,6-9,14H2. The van der Waals surface area contributed by atoms with Crippen molar-refractivity contribution in [3.05, 3.63) is 60.7 Å². The van der Waals surface area contributed by atoms with Gasteiger partial charge in [-0.1, -0.05) is 18.2 Å². The maximum atomic E-state index is 9.41. The summed E-state index contributed by atoms with van der Waals surface area (Å²) in [5.74, 6) is 1.56. The number of aliphatic hydroxyl groups is 1. The van der Waals surface area contributed by atoms with Crippen molar-refractivity contribution in [1.82, 2.24) is 29.7 Å². The molecule has 8 nitrogen and oxygen atoms in total. The van der Waals surface area contributed by atoms with E-state index >= 15 is 0 Å². The Kier molecular flexibility index (Phi) is 4.63. The number of rotatable bonds is 4. The number of imidazole rings is 1. The van der Waals surface area contributed by atoms with Gasteiger partial charge in [0, 0.05) is 44.1 Å². The minimum absolute atomic E-state index is 0.000931. The third-order valence-electron chi connectivity index (χ3n) is 5.11. The molecule has 1 aliphatic heterocycles. The van der Waals surface area contributed by atoms with Gasteiger partial charge in [0.15, 0.2) is 11.5 Å². The Bertz CT molecular complexity index is 1150. The fourth-order valence-electron chi connectivity index (χ4n) is 3.58. The molecule has 0 unspecified atom stereocenters. The number of hydrogen-bond donors (Lipinski definition) is 2. The third kappa shape index (κ3) is 3.43. The van der Waals surface area contributed by atoms with Crippen LogP contribution in [-0.2, 0) is 6.61 Å². The fraction of sp³-hybridized carbons (Fsp3) is 0.238. The Morgan fingerprint density at radius 1 is 1.03 bits per heavy atom. The van der Waals surface area contributed by atoms with E-state index in [9.17, 15) is 5.11 Å². The minimum atomic E-state index is -0.000931. The van der Waals surface area contributed by atoms with E-state index in [1.165, 1.54) is 0 Å². The van der Waals surface area contributed by atoms with Crippen LogP contribution in [0.2, 0.25) is 0 Å². The molecule has 146 valence electrons. The lowest BCUT2D eigenvalue weighted by molar-refractivity contribution is 0.282. The minimum Gasteiger partial charge on any atom is -0.392 e. The first kappa shape index (κ1) is 17.7. The largest absolute Gasteiger partial charge is 0.392 e. The summed E-state index contributed by atoms with van der Waals surface area (Å²) in [6, 6.07) is 9.67. The average Bonchev–Trinajstić information content (AvgIpc) is 3.23. The second-order valence-electron chi connectivity index (χ2n) is 6.98. The molecule has 1 aliphatic rings. The zero-order valence-corrected chi connectivity index (χ0v) is 15.9. The summed E-state index contributed by atoms with van der Waals surface area (Å²) < 4.78 is 1.96. The zero-order chi connectivity index (χ0) is 19.6. The average molecular weight is 387 g/mol. The van der Waals surface area contributed by atoms with E-state index in [1.54, 1.807) is 18.6 Å². The van der Waals surface area contributed by atoms with Gasteiger partial charge in [0.1, 0.15) is 11.5 Å². The summed E-state index contributed by atoms with van der Waals surface area (Å²) in [4.78, 5) is 20.5. The van der Waals surface area contributed by atoms with Gasteiger partial charge in [-0.2, -0.15) is 0 Å². The molecule has 0 spiro atoms. The van der Waals surface area contributed by atoms with Gasteiger partial charge < -0.3 is 15.3 Å². The molecule has 29 heavy (non-hydrogen) atoms. The lowest BCUT2D eigenvalue weighted by Gasteiger charge is -2.28. The highest BCUT2D eigenvalue weighted by Crippen LogP contribution is 2.23.